The molecule has 2 N–H and O–H groups in total. The number of aliphatic hydroxyl groups excluding tert-OH is 1. The topological polar surface area (TPSA) is 154 Å². The summed E-state index contributed by atoms with van der Waals surface area (Å²) in [5, 5.41) is 46.9. The van der Waals surface area contributed by atoms with E-state index in [0.717, 1.165) is 4.57 Å². The highest BCUT2D eigenvalue weighted by molar-refractivity contribution is 5.60. The molecule has 0 saturated carbocycles. The highest BCUT2D eigenvalue weighted by Gasteiger charge is 2.19. The van der Waals surface area contributed by atoms with Crippen molar-refractivity contribution in [2.75, 3.05) is 6.61 Å². The van der Waals surface area contributed by atoms with Gasteiger partial charge in [0.1, 0.15) is 11.6 Å². The Labute approximate surface area is 147 Å². The summed E-state index contributed by atoms with van der Waals surface area (Å²) in [5.41, 5.74) is -0.794. The first-order valence-corrected chi connectivity index (χ1v) is 7.46. The Bertz CT molecular complexity index is 1000. The van der Waals surface area contributed by atoms with Crippen LogP contribution in [-0.4, -0.2) is 26.3 Å². The van der Waals surface area contributed by atoms with Crippen LogP contribution in [-0.2, 0) is 6.54 Å². The zero-order valence-corrected chi connectivity index (χ0v) is 14.0. The lowest BCUT2D eigenvalue weighted by Crippen LogP contribution is -2.23. The summed E-state index contributed by atoms with van der Waals surface area (Å²) in [6.07, 6.45) is 0. The van der Waals surface area contributed by atoms with Gasteiger partial charge in [-0.2, -0.15) is 5.26 Å². The van der Waals surface area contributed by atoms with Crippen LogP contribution in [0.5, 0.6) is 5.88 Å². The van der Waals surface area contributed by atoms with Crippen LogP contribution >= 0.6 is 0 Å². The number of hydrogen-bond donors (Lipinski definition) is 2. The Hall–Kier alpha value is -3.58. The molecule has 0 bridgehead atoms. The SMILES string of the molecule is Cc1ccc(N=Nc2c(C)c(C#N)c(O)n(CCO)c2=O)c([N+](=O)[O-])c1. The van der Waals surface area contributed by atoms with Gasteiger partial charge in [-0.25, -0.2) is 0 Å². The second kappa shape index (κ2) is 7.54. The molecule has 0 spiro atoms. The highest BCUT2D eigenvalue weighted by atomic mass is 16.6. The molecule has 0 aliphatic carbocycles. The molecule has 134 valence electrons. The first kappa shape index (κ1) is 18.8. The number of rotatable bonds is 5. The number of nitro benzene ring substituents is 1. The molecule has 0 radical (unpaired) electrons. The predicted octanol–water partition coefficient (Wildman–Crippen LogP) is 2.36. The number of aliphatic hydroxyl groups is 1. The van der Waals surface area contributed by atoms with Gasteiger partial charge in [-0.3, -0.25) is 19.5 Å². The van der Waals surface area contributed by atoms with Gasteiger partial charge in [-0.1, -0.05) is 6.07 Å². The number of aromatic nitrogens is 1. The lowest BCUT2D eigenvalue weighted by atomic mass is 10.1. The predicted molar refractivity (Wildman–Crippen MR) is 90.9 cm³/mol. The van der Waals surface area contributed by atoms with Crippen molar-refractivity contribution in [3.63, 3.8) is 0 Å². The van der Waals surface area contributed by atoms with Gasteiger partial charge < -0.3 is 10.2 Å². The molecule has 0 aliphatic rings. The van der Waals surface area contributed by atoms with Crippen molar-refractivity contribution in [3.05, 3.63) is 55.4 Å². The number of pyridine rings is 1. The summed E-state index contributed by atoms with van der Waals surface area (Å²) in [4.78, 5) is 23.0. The monoisotopic (exact) mass is 357 g/mol. The Balaban J connectivity index is 2.66. The number of benzene rings is 1. The molecule has 0 aliphatic heterocycles. The van der Waals surface area contributed by atoms with Gasteiger partial charge in [0.2, 0.25) is 5.88 Å². The molecule has 0 amide bonds. The standard InChI is InChI=1S/C16H15N5O5/c1-9-3-4-12(13(7-9)21(25)26)18-19-14-10(2)11(8-17)15(23)20(5-6-22)16(14)24/h3-4,7,22-23H,5-6H2,1-2H3. The van der Waals surface area contributed by atoms with Gasteiger partial charge in [0.05, 0.1) is 18.1 Å². The van der Waals surface area contributed by atoms with Crippen molar-refractivity contribution in [3.8, 4) is 11.9 Å². The van der Waals surface area contributed by atoms with Gasteiger partial charge >= 0.3 is 0 Å². The Morgan fingerprint density at radius 3 is 2.62 bits per heavy atom. The molecule has 10 nitrogen and oxygen atoms in total. The third-order valence-corrected chi connectivity index (χ3v) is 3.68. The van der Waals surface area contributed by atoms with Crippen LogP contribution in [0.15, 0.2) is 33.2 Å². The molecule has 0 fully saturated rings. The summed E-state index contributed by atoms with van der Waals surface area (Å²) < 4.78 is 0.795. The van der Waals surface area contributed by atoms with Crippen molar-refractivity contribution >= 4 is 17.1 Å². The fraction of sp³-hybridized carbons (Fsp3) is 0.250. The van der Waals surface area contributed by atoms with Gasteiger partial charge in [0, 0.05) is 11.6 Å². The minimum Gasteiger partial charge on any atom is -0.493 e. The van der Waals surface area contributed by atoms with Gasteiger partial charge in [-0.15, -0.1) is 10.2 Å². The van der Waals surface area contributed by atoms with E-state index in [4.69, 9.17) is 5.11 Å². The molecule has 0 atom stereocenters. The van der Waals surface area contributed by atoms with Crippen molar-refractivity contribution in [1.82, 2.24) is 4.57 Å². The first-order chi connectivity index (χ1) is 12.3. The summed E-state index contributed by atoms with van der Waals surface area (Å²) >= 11 is 0. The second-order valence-electron chi connectivity index (χ2n) is 5.41. The van der Waals surface area contributed by atoms with E-state index in [1.54, 1.807) is 19.1 Å². The molecule has 10 heteroatoms. The minimum atomic E-state index is -0.772. The molecular formula is C16H15N5O5. The highest BCUT2D eigenvalue weighted by Crippen LogP contribution is 2.31. The Morgan fingerprint density at radius 1 is 1.35 bits per heavy atom. The van der Waals surface area contributed by atoms with E-state index >= 15 is 0 Å². The largest absolute Gasteiger partial charge is 0.493 e. The van der Waals surface area contributed by atoms with Crippen molar-refractivity contribution in [2.45, 2.75) is 20.4 Å². The lowest BCUT2D eigenvalue weighted by Gasteiger charge is -2.11. The number of aryl methyl sites for hydroxylation is 1. The number of azo groups is 1. The van der Waals surface area contributed by atoms with Crippen LogP contribution in [0.25, 0.3) is 0 Å². The molecule has 2 aromatic rings. The van der Waals surface area contributed by atoms with Crippen LogP contribution in [0.1, 0.15) is 16.7 Å². The van der Waals surface area contributed by atoms with Crippen molar-refractivity contribution in [2.24, 2.45) is 10.2 Å². The molecule has 0 unspecified atom stereocenters. The van der Waals surface area contributed by atoms with E-state index in [9.17, 15) is 25.3 Å². The van der Waals surface area contributed by atoms with Gasteiger partial charge in [-0.05, 0) is 25.5 Å². The number of nitro groups is 1. The van der Waals surface area contributed by atoms with Gasteiger partial charge in [0.25, 0.3) is 11.2 Å². The van der Waals surface area contributed by atoms with E-state index < -0.39 is 23.0 Å². The van der Waals surface area contributed by atoms with Crippen LogP contribution < -0.4 is 5.56 Å². The van der Waals surface area contributed by atoms with Crippen LogP contribution in [0.4, 0.5) is 17.1 Å². The molecule has 1 aromatic carbocycles. The van der Waals surface area contributed by atoms with Crippen molar-refractivity contribution in [1.29, 1.82) is 5.26 Å². The Morgan fingerprint density at radius 2 is 2.04 bits per heavy atom. The third kappa shape index (κ3) is 3.42. The second-order valence-corrected chi connectivity index (χ2v) is 5.41. The number of aromatic hydroxyl groups is 1. The molecule has 0 saturated heterocycles. The summed E-state index contributed by atoms with van der Waals surface area (Å²) in [5.74, 6) is -0.579. The summed E-state index contributed by atoms with van der Waals surface area (Å²) in [7, 11) is 0. The fourth-order valence-corrected chi connectivity index (χ4v) is 2.33. The number of nitriles is 1. The third-order valence-electron chi connectivity index (χ3n) is 3.68. The first-order valence-electron chi connectivity index (χ1n) is 7.46. The molecule has 26 heavy (non-hydrogen) atoms. The molecular weight excluding hydrogens is 342 g/mol. The molecule has 1 aromatic heterocycles. The smallest absolute Gasteiger partial charge is 0.296 e. The van der Waals surface area contributed by atoms with E-state index in [2.05, 4.69) is 10.2 Å². The average Bonchev–Trinajstić information content (AvgIpc) is 2.59. The maximum absolute atomic E-state index is 12.5. The zero-order valence-electron chi connectivity index (χ0n) is 14.0. The fourth-order valence-electron chi connectivity index (χ4n) is 2.33. The average molecular weight is 357 g/mol. The zero-order chi connectivity index (χ0) is 19.4. The summed E-state index contributed by atoms with van der Waals surface area (Å²) in [6.45, 7) is 2.40. The Kier molecular flexibility index (Phi) is 5.44. The number of hydrogen-bond acceptors (Lipinski definition) is 8. The minimum absolute atomic E-state index is 0.0558. The van der Waals surface area contributed by atoms with Crippen molar-refractivity contribution < 1.29 is 15.1 Å². The summed E-state index contributed by atoms with van der Waals surface area (Å²) in [6, 6.07) is 6.09. The number of nitrogens with zero attached hydrogens (tertiary/aromatic N) is 5. The van der Waals surface area contributed by atoms with Crippen LogP contribution in [0.2, 0.25) is 0 Å². The molecule has 2 rings (SSSR count). The van der Waals surface area contributed by atoms with E-state index in [0.29, 0.717) is 5.56 Å². The maximum atomic E-state index is 12.5. The van der Waals surface area contributed by atoms with E-state index in [1.807, 2.05) is 0 Å². The quantitative estimate of drug-likeness (QED) is 0.475. The lowest BCUT2D eigenvalue weighted by molar-refractivity contribution is -0.384. The van der Waals surface area contributed by atoms with E-state index in [-0.39, 0.29) is 34.7 Å². The van der Waals surface area contributed by atoms with Crippen LogP contribution in [0.3, 0.4) is 0 Å². The normalized spacial score (nSPS) is 10.8. The molecule has 1 heterocycles. The van der Waals surface area contributed by atoms with Crippen LogP contribution in [0, 0.1) is 35.3 Å². The van der Waals surface area contributed by atoms with E-state index in [1.165, 1.54) is 19.1 Å². The maximum Gasteiger partial charge on any atom is 0.296 e. The van der Waals surface area contributed by atoms with Gasteiger partial charge in [0.15, 0.2) is 11.4 Å².